The Morgan fingerprint density at radius 1 is 1.14 bits per heavy atom. The molecule has 0 aliphatic rings. The molecule has 1 atom stereocenters. The van der Waals surface area contributed by atoms with E-state index in [0.717, 1.165) is 16.9 Å². The summed E-state index contributed by atoms with van der Waals surface area (Å²) in [5.41, 5.74) is 1.57. The summed E-state index contributed by atoms with van der Waals surface area (Å²) in [6.07, 6.45) is -0.175. The van der Waals surface area contributed by atoms with Crippen molar-refractivity contribution in [1.29, 1.82) is 0 Å². The molecular weight excluding hydrogens is 291 g/mol. The molecule has 0 aliphatic heterocycles. The highest BCUT2D eigenvalue weighted by atomic mass is 35.5. The van der Waals surface area contributed by atoms with Gasteiger partial charge in [-0.25, -0.2) is 4.39 Å². The van der Waals surface area contributed by atoms with Crippen molar-refractivity contribution in [2.45, 2.75) is 32.5 Å². The lowest BCUT2D eigenvalue weighted by Crippen LogP contribution is -2.06. The maximum Gasteiger partial charge on any atom is 0.141 e. The molecule has 0 bridgehead atoms. The Kier molecular flexibility index (Phi) is 5.21. The first-order valence-corrected chi connectivity index (χ1v) is 7.22. The molecule has 112 valence electrons. The number of rotatable bonds is 5. The highest BCUT2D eigenvalue weighted by Gasteiger charge is 2.10. The van der Waals surface area contributed by atoms with Crippen molar-refractivity contribution < 1.29 is 14.2 Å². The van der Waals surface area contributed by atoms with Crippen LogP contribution in [-0.2, 0) is 6.42 Å². The van der Waals surface area contributed by atoms with Gasteiger partial charge in [0.25, 0.3) is 0 Å². The second-order valence-electron chi connectivity index (χ2n) is 5.20. The van der Waals surface area contributed by atoms with E-state index in [4.69, 9.17) is 16.3 Å². The van der Waals surface area contributed by atoms with Gasteiger partial charge in [-0.15, -0.1) is 0 Å². The van der Waals surface area contributed by atoms with E-state index in [9.17, 15) is 9.50 Å². The van der Waals surface area contributed by atoms with Crippen molar-refractivity contribution in [3.63, 3.8) is 0 Å². The van der Waals surface area contributed by atoms with Crippen LogP contribution in [0.4, 0.5) is 4.39 Å². The summed E-state index contributed by atoms with van der Waals surface area (Å²) in [5, 5.41) is 10.3. The van der Waals surface area contributed by atoms with Crippen molar-refractivity contribution in [1.82, 2.24) is 0 Å². The van der Waals surface area contributed by atoms with Gasteiger partial charge in [-0.05, 0) is 49.2 Å². The number of benzene rings is 2. The standard InChI is InChI=1S/C17H18ClFO2/c1-11(2)21-14-6-4-13(5-7-14)17(20)10-12-3-8-16(19)15(18)9-12/h3-9,11,17,20H,10H2,1-2H3. The molecule has 4 heteroatoms. The average molecular weight is 309 g/mol. The van der Waals surface area contributed by atoms with Crippen LogP contribution >= 0.6 is 11.6 Å². The van der Waals surface area contributed by atoms with Crippen molar-refractivity contribution in [2.24, 2.45) is 0 Å². The number of ether oxygens (including phenoxy) is 1. The molecule has 1 N–H and O–H groups in total. The van der Waals surface area contributed by atoms with Crippen LogP contribution in [0.3, 0.4) is 0 Å². The van der Waals surface area contributed by atoms with Crippen LogP contribution in [0.5, 0.6) is 5.75 Å². The predicted molar refractivity (Wildman–Crippen MR) is 82.3 cm³/mol. The molecule has 2 rings (SSSR count). The molecule has 0 spiro atoms. The minimum Gasteiger partial charge on any atom is -0.491 e. The highest BCUT2D eigenvalue weighted by molar-refractivity contribution is 6.30. The zero-order valence-corrected chi connectivity index (χ0v) is 12.8. The maximum atomic E-state index is 13.1. The van der Waals surface area contributed by atoms with E-state index < -0.39 is 11.9 Å². The summed E-state index contributed by atoms with van der Waals surface area (Å²) in [6, 6.07) is 11.8. The minimum atomic E-state index is -0.667. The maximum absolute atomic E-state index is 13.1. The first-order chi connectivity index (χ1) is 9.95. The van der Waals surface area contributed by atoms with Crippen LogP contribution in [0.2, 0.25) is 5.02 Å². The average Bonchev–Trinajstić information content (AvgIpc) is 2.43. The van der Waals surface area contributed by atoms with Crippen molar-refractivity contribution >= 4 is 11.6 Å². The molecule has 0 aromatic heterocycles. The van der Waals surface area contributed by atoms with Gasteiger partial charge in [0.2, 0.25) is 0 Å². The van der Waals surface area contributed by atoms with E-state index in [2.05, 4.69) is 0 Å². The zero-order chi connectivity index (χ0) is 15.4. The third kappa shape index (κ3) is 4.45. The van der Waals surface area contributed by atoms with E-state index >= 15 is 0 Å². The monoisotopic (exact) mass is 308 g/mol. The molecule has 2 aromatic rings. The van der Waals surface area contributed by atoms with Crippen LogP contribution < -0.4 is 4.74 Å². The lowest BCUT2D eigenvalue weighted by Gasteiger charge is -2.14. The van der Waals surface area contributed by atoms with Crippen molar-refractivity contribution in [3.05, 3.63) is 64.4 Å². The molecule has 0 saturated heterocycles. The second-order valence-corrected chi connectivity index (χ2v) is 5.61. The highest BCUT2D eigenvalue weighted by Crippen LogP contribution is 2.24. The molecule has 2 nitrogen and oxygen atoms in total. The summed E-state index contributed by atoms with van der Waals surface area (Å²) in [5.74, 6) is 0.316. The van der Waals surface area contributed by atoms with Gasteiger partial charge in [0.15, 0.2) is 0 Å². The van der Waals surface area contributed by atoms with E-state index in [-0.39, 0.29) is 11.1 Å². The van der Waals surface area contributed by atoms with Crippen LogP contribution in [0.25, 0.3) is 0 Å². The molecule has 0 radical (unpaired) electrons. The Balaban J connectivity index is 2.05. The third-order valence-electron chi connectivity index (χ3n) is 3.05. The number of aliphatic hydroxyl groups is 1. The Bertz CT molecular complexity index is 596. The van der Waals surface area contributed by atoms with E-state index in [1.165, 1.54) is 12.1 Å². The van der Waals surface area contributed by atoms with Gasteiger partial charge < -0.3 is 9.84 Å². The summed E-state index contributed by atoms with van der Waals surface area (Å²) in [7, 11) is 0. The molecule has 2 aromatic carbocycles. The largest absolute Gasteiger partial charge is 0.491 e. The zero-order valence-electron chi connectivity index (χ0n) is 12.0. The molecule has 1 unspecified atom stereocenters. The van der Waals surface area contributed by atoms with Gasteiger partial charge in [-0.2, -0.15) is 0 Å². The molecule has 0 saturated carbocycles. The number of halogens is 2. The van der Waals surface area contributed by atoms with Crippen molar-refractivity contribution in [3.8, 4) is 5.75 Å². The fraction of sp³-hybridized carbons (Fsp3) is 0.294. The third-order valence-corrected chi connectivity index (χ3v) is 3.34. The molecule has 0 aliphatic carbocycles. The molecular formula is C17H18ClFO2. The predicted octanol–water partition coefficient (Wildman–Crippen LogP) is 4.54. The minimum absolute atomic E-state index is 0.0698. The number of hydrogen-bond acceptors (Lipinski definition) is 2. The smallest absolute Gasteiger partial charge is 0.141 e. The van der Waals surface area contributed by atoms with Gasteiger partial charge in [-0.3, -0.25) is 0 Å². The Morgan fingerprint density at radius 2 is 1.81 bits per heavy atom. The Morgan fingerprint density at radius 3 is 2.38 bits per heavy atom. The SMILES string of the molecule is CC(C)Oc1ccc(C(O)Cc2ccc(F)c(Cl)c2)cc1. The Labute approximate surface area is 129 Å². The molecule has 0 amide bonds. The van der Waals surface area contributed by atoms with Crippen LogP contribution in [0.15, 0.2) is 42.5 Å². The summed E-state index contributed by atoms with van der Waals surface area (Å²) < 4.78 is 18.7. The topological polar surface area (TPSA) is 29.5 Å². The van der Waals surface area contributed by atoms with Crippen molar-refractivity contribution in [2.75, 3.05) is 0 Å². The van der Waals surface area contributed by atoms with Crippen LogP contribution in [-0.4, -0.2) is 11.2 Å². The molecule has 21 heavy (non-hydrogen) atoms. The fourth-order valence-electron chi connectivity index (χ4n) is 2.05. The summed E-state index contributed by atoms with van der Waals surface area (Å²) in [4.78, 5) is 0. The van der Waals surface area contributed by atoms with E-state index in [0.29, 0.717) is 6.42 Å². The first-order valence-electron chi connectivity index (χ1n) is 6.84. The number of aliphatic hydroxyl groups excluding tert-OH is 1. The first kappa shape index (κ1) is 15.8. The fourth-order valence-corrected chi connectivity index (χ4v) is 2.25. The van der Waals surface area contributed by atoms with E-state index in [1.54, 1.807) is 6.07 Å². The normalized spacial score (nSPS) is 12.5. The molecule has 0 heterocycles. The second kappa shape index (κ2) is 6.92. The van der Waals surface area contributed by atoms with Crippen LogP contribution in [0, 0.1) is 5.82 Å². The van der Waals surface area contributed by atoms with Crippen LogP contribution in [0.1, 0.15) is 31.1 Å². The lowest BCUT2D eigenvalue weighted by atomic mass is 10.0. The van der Waals surface area contributed by atoms with Gasteiger partial charge in [0, 0.05) is 6.42 Å². The number of hydrogen-bond donors (Lipinski definition) is 1. The molecule has 0 fully saturated rings. The van der Waals surface area contributed by atoms with Gasteiger partial charge in [0.1, 0.15) is 11.6 Å². The lowest BCUT2D eigenvalue weighted by molar-refractivity contribution is 0.178. The van der Waals surface area contributed by atoms with E-state index in [1.807, 2.05) is 38.1 Å². The van der Waals surface area contributed by atoms with Gasteiger partial charge in [-0.1, -0.05) is 29.8 Å². The summed E-state index contributed by atoms with van der Waals surface area (Å²) >= 11 is 5.74. The Hall–Kier alpha value is -1.58. The van der Waals surface area contributed by atoms with Gasteiger partial charge in [0.05, 0.1) is 17.2 Å². The summed E-state index contributed by atoms with van der Waals surface area (Å²) in [6.45, 7) is 3.92. The van der Waals surface area contributed by atoms with Gasteiger partial charge >= 0.3 is 0 Å². The quantitative estimate of drug-likeness (QED) is 0.878.